The van der Waals surface area contributed by atoms with Gasteiger partial charge in [-0.3, -0.25) is 0 Å². The summed E-state index contributed by atoms with van der Waals surface area (Å²) in [7, 11) is 0. The molecule has 3 heteroatoms. The smallest absolute Gasteiger partial charge is 0.119 e. The third kappa shape index (κ3) is 2.54. The van der Waals surface area contributed by atoms with E-state index in [4.69, 9.17) is 9.47 Å². The number of hydrogen-bond donors (Lipinski definition) is 1. The fraction of sp³-hybridized carbons (Fsp3) is 0.538. The second-order valence-corrected chi connectivity index (χ2v) is 4.07. The van der Waals surface area contributed by atoms with Gasteiger partial charge in [0, 0.05) is 12.5 Å². The predicted molar refractivity (Wildman–Crippen MR) is 61.5 cm³/mol. The van der Waals surface area contributed by atoms with Gasteiger partial charge in [-0.05, 0) is 31.0 Å². The first-order valence-corrected chi connectivity index (χ1v) is 5.80. The van der Waals surface area contributed by atoms with Gasteiger partial charge in [0.1, 0.15) is 5.75 Å². The molecule has 2 unspecified atom stereocenters. The van der Waals surface area contributed by atoms with Crippen LogP contribution in [-0.4, -0.2) is 24.9 Å². The van der Waals surface area contributed by atoms with Gasteiger partial charge < -0.3 is 14.6 Å². The fourth-order valence-electron chi connectivity index (χ4n) is 2.00. The highest BCUT2D eigenvalue weighted by Gasteiger charge is 2.24. The van der Waals surface area contributed by atoms with Gasteiger partial charge in [-0.25, -0.2) is 0 Å². The second kappa shape index (κ2) is 5.32. The van der Waals surface area contributed by atoms with Crippen LogP contribution in [0.3, 0.4) is 0 Å². The molecule has 1 aromatic rings. The molecule has 0 radical (unpaired) electrons. The Balaban J connectivity index is 2.02. The first kappa shape index (κ1) is 11.4. The van der Waals surface area contributed by atoms with Crippen molar-refractivity contribution in [3.63, 3.8) is 0 Å². The minimum atomic E-state index is -0.418. The Labute approximate surface area is 96.0 Å². The fourth-order valence-corrected chi connectivity index (χ4v) is 2.00. The van der Waals surface area contributed by atoms with Crippen molar-refractivity contribution in [3.05, 3.63) is 29.8 Å². The molecule has 0 amide bonds. The van der Waals surface area contributed by atoms with Crippen LogP contribution in [0.1, 0.15) is 25.0 Å². The van der Waals surface area contributed by atoms with Crippen LogP contribution in [0, 0.1) is 5.92 Å². The number of aliphatic hydroxyl groups is 1. The molecule has 88 valence electrons. The van der Waals surface area contributed by atoms with Gasteiger partial charge in [-0.15, -0.1) is 0 Å². The summed E-state index contributed by atoms with van der Waals surface area (Å²) >= 11 is 0. The quantitative estimate of drug-likeness (QED) is 0.848. The van der Waals surface area contributed by atoms with Crippen molar-refractivity contribution in [2.75, 3.05) is 19.8 Å². The third-order valence-electron chi connectivity index (χ3n) is 2.94. The maximum atomic E-state index is 10.1. The van der Waals surface area contributed by atoms with Crippen LogP contribution in [0.4, 0.5) is 0 Å². The number of hydrogen-bond acceptors (Lipinski definition) is 3. The van der Waals surface area contributed by atoms with Crippen LogP contribution in [-0.2, 0) is 4.74 Å². The molecule has 1 aliphatic heterocycles. The molecule has 0 saturated carbocycles. The Hall–Kier alpha value is -1.06. The van der Waals surface area contributed by atoms with Crippen molar-refractivity contribution in [2.45, 2.75) is 19.4 Å². The standard InChI is InChI=1S/C13H18O3/c1-2-16-12-5-3-10(4-6-12)13(14)11-7-8-15-9-11/h3-6,11,13-14H,2,7-9H2,1H3. The Morgan fingerprint density at radius 1 is 1.44 bits per heavy atom. The van der Waals surface area contributed by atoms with E-state index >= 15 is 0 Å². The summed E-state index contributed by atoms with van der Waals surface area (Å²) in [5.41, 5.74) is 0.943. The zero-order valence-electron chi connectivity index (χ0n) is 9.56. The van der Waals surface area contributed by atoms with Crippen LogP contribution in [0.15, 0.2) is 24.3 Å². The van der Waals surface area contributed by atoms with Crippen molar-refractivity contribution in [3.8, 4) is 5.75 Å². The Morgan fingerprint density at radius 2 is 2.19 bits per heavy atom. The van der Waals surface area contributed by atoms with E-state index in [9.17, 15) is 5.11 Å². The number of benzene rings is 1. The normalized spacial score (nSPS) is 22.0. The van der Waals surface area contributed by atoms with Crippen molar-refractivity contribution in [2.24, 2.45) is 5.92 Å². The van der Waals surface area contributed by atoms with Crippen molar-refractivity contribution in [1.82, 2.24) is 0 Å². The monoisotopic (exact) mass is 222 g/mol. The van der Waals surface area contributed by atoms with E-state index < -0.39 is 6.10 Å². The van der Waals surface area contributed by atoms with Gasteiger partial charge >= 0.3 is 0 Å². The lowest BCUT2D eigenvalue weighted by molar-refractivity contribution is 0.0917. The summed E-state index contributed by atoms with van der Waals surface area (Å²) in [4.78, 5) is 0. The Bertz CT molecular complexity index is 314. The molecule has 1 heterocycles. The van der Waals surface area contributed by atoms with Gasteiger partial charge in [0.25, 0.3) is 0 Å². The minimum absolute atomic E-state index is 0.234. The van der Waals surface area contributed by atoms with E-state index in [-0.39, 0.29) is 5.92 Å². The van der Waals surface area contributed by atoms with Crippen molar-refractivity contribution >= 4 is 0 Å². The van der Waals surface area contributed by atoms with Crippen molar-refractivity contribution < 1.29 is 14.6 Å². The summed E-state index contributed by atoms with van der Waals surface area (Å²) in [5.74, 6) is 1.08. The van der Waals surface area contributed by atoms with Gasteiger partial charge in [0.15, 0.2) is 0 Å². The zero-order valence-corrected chi connectivity index (χ0v) is 9.56. The summed E-state index contributed by atoms with van der Waals surface area (Å²) in [6, 6.07) is 7.65. The first-order valence-electron chi connectivity index (χ1n) is 5.80. The highest BCUT2D eigenvalue weighted by atomic mass is 16.5. The van der Waals surface area contributed by atoms with Crippen molar-refractivity contribution in [1.29, 1.82) is 0 Å². The minimum Gasteiger partial charge on any atom is -0.494 e. The van der Waals surface area contributed by atoms with Crippen LogP contribution >= 0.6 is 0 Å². The van der Waals surface area contributed by atoms with Crippen LogP contribution < -0.4 is 4.74 Å². The molecule has 0 aliphatic carbocycles. The zero-order chi connectivity index (χ0) is 11.4. The lowest BCUT2D eigenvalue weighted by Crippen LogP contribution is -2.12. The lowest BCUT2D eigenvalue weighted by atomic mass is 9.95. The number of rotatable bonds is 4. The SMILES string of the molecule is CCOc1ccc(C(O)C2CCOC2)cc1. The van der Waals surface area contributed by atoms with E-state index in [0.29, 0.717) is 13.2 Å². The predicted octanol–water partition coefficient (Wildman–Crippen LogP) is 2.16. The number of ether oxygens (including phenoxy) is 2. The first-order chi connectivity index (χ1) is 7.81. The van der Waals surface area contributed by atoms with Crippen LogP contribution in [0.25, 0.3) is 0 Å². The molecule has 1 N–H and O–H groups in total. The third-order valence-corrected chi connectivity index (χ3v) is 2.94. The molecule has 1 saturated heterocycles. The highest BCUT2D eigenvalue weighted by molar-refractivity contribution is 5.28. The van der Waals surface area contributed by atoms with Crippen LogP contribution in [0.2, 0.25) is 0 Å². The van der Waals surface area contributed by atoms with Gasteiger partial charge in [0.2, 0.25) is 0 Å². The molecule has 0 spiro atoms. The Morgan fingerprint density at radius 3 is 2.75 bits per heavy atom. The molecule has 3 nitrogen and oxygen atoms in total. The van der Waals surface area contributed by atoms with E-state index in [1.165, 1.54) is 0 Å². The van der Waals surface area contributed by atoms with E-state index in [1.54, 1.807) is 0 Å². The molecular formula is C13H18O3. The molecule has 1 fully saturated rings. The summed E-state index contributed by atoms with van der Waals surface area (Å²) in [5, 5.41) is 10.1. The average Bonchev–Trinajstić information content (AvgIpc) is 2.83. The molecule has 0 bridgehead atoms. The summed E-state index contributed by atoms with van der Waals surface area (Å²) < 4.78 is 10.6. The maximum Gasteiger partial charge on any atom is 0.119 e. The average molecular weight is 222 g/mol. The van der Waals surface area contributed by atoms with E-state index in [1.807, 2.05) is 31.2 Å². The molecule has 2 rings (SSSR count). The largest absolute Gasteiger partial charge is 0.494 e. The number of aliphatic hydroxyl groups excluding tert-OH is 1. The van der Waals surface area contributed by atoms with Crippen LogP contribution in [0.5, 0.6) is 5.75 Å². The highest BCUT2D eigenvalue weighted by Crippen LogP contribution is 2.29. The topological polar surface area (TPSA) is 38.7 Å². The molecule has 2 atom stereocenters. The second-order valence-electron chi connectivity index (χ2n) is 4.07. The lowest BCUT2D eigenvalue weighted by Gasteiger charge is -2.17. The van der Waals surface area contributed by atoms with Gasteiger partial charge in [0.05, 0.1) is 19.3 Å². The maximum absolute atomic E-state index is 10.1. The summed E-state index contributed by atoms with van der Waals surface area (Å²) in [6.45, 7) is 4.05. The Kier molecular flexibility index (Phi) is 3.80. The molecule has 1 aromatic carbocycles. The molecule has 16 heavy (non-hydrogen) atoms. The van der Waals surface area contributed by atoms with Gasteiger partial charge in [-0.1, -0.05) is 12.1 Å². The van der Waals surface area contributed by atoms with E-state index in [2.05, 4.69) is 0 Å². The van der Waals surface area contributed by atoms with E-state index in [0.717, 1.165) is 24.3 Å². The molecule has 1 aliphatic rings. The molecular weight excluding hydrogens is 204 g/mol. The van der Waals surface area contributed by atoms with Gasteiger partial charge in [-0.2, -0.15) is 0 Å². The summed E-state index contributed by atoms with van der Waals surface area (Å²) in [6.07, 6.45) is 0.521. The molecule has 0 aromatic heterocycles.